The Hall–Kier alpha value is -3.23. The lowest BCUT2D eigenvalue weighted by Crippen LogP contribution is -2.47. The average Bonchev–Trinajstić information content (AvgIpc) is 2.68. The highest BCUT2D eigenvalue weighted by Crippen LogP contribution is 2.24. The second kappa shape index (κ2) is 9.12. The predicted molar refractivity (Wildman–Crippen MR) is 105 cm³/mol. The number of aliphatic carboxylic acids is 1. The van der Waals surface area contributed by atoms with Gasteiger partial charge >= 0.3 is 5.97 Å². The number of pyridine rings is 1. The SMILES string of the molecule is CC(=O)NC1CCCN(c2cc(NCCC(=O)O)nc(-c3ccccn3)n2)C1. The molecule has 3 rings (SSSR count). The fourth-order valence-electron chi connectivity index (χ4n) is 3.18. The minimum absolute atomic E-state index is 0.00736. The first-order chi connectivity index (χ1) is 13.5. The van der Waals surface area contributed by atoms with E-state index in [9.17, 15) is 9.59 Å². The lowest BCUT2D eigenvalue weighted by atomic mass is 10.1. The van der Waals surface area contributed by atoms with E-state index in [4.69, 9.17) is 5.11 Å². The minimum atomic E-state index is -0.874. The van der Waals surface area contributed by atoms with Crippen molar-refractivity contribution in [2.45, 2.75) is 32.2 Å². The number of nitrogens with one attached hydrogen (secondary N) is 2. The highest BCUT2D eigenvalue weighted by molar-refractivity contribution is 5.73. The Morgan fingerprint density at radius 2 is 2.18 bits per heavy atom. The maximum atomic E-state index is 11.4. The molecule has 1 aliphatic heterocycles. The molecule has 1 fully saturated rings. The molecule has 1 saturated heterocycles. The van der Waals surface area contributed by atoms with Gasteiger partial charge < -0.3 is 20.6 Å². The van der Waals surface area contributed by atoms with Gasteiger partial charge in [-0.1, -0.05) is 6.07 Å². The van der Waals surface area contributed by atoms with Gasteiger partial charge in [-0.25, -0.2) is 9.97 Å². The molecular weight excluding hydrogens is 360 g/mol. The molecule has 9 heteroatoms. The van der Waals surface area contributed by atoms with Crippen molar-refractivity contribution in [1.29, 1.82) is 0 Å². The molecule has 9 nitrogen and oxygen atoms in total. The number of carbonyl (C=O) groups is 2. The summed E-state index contributed by atoms with van der Waals surface area (Å²) in [6.45, 7) is 3.27. The second-order valence-electron chi connectivity index (χ2n) is 6.71. The molecule has 1 aliphatic rings. The summed E-state index contributed by atoms with van der Waals surface area (Å²) in [5.74, 6) is 0.829. The first-order valence-electron chi connectivity index (χ1n) is 9.29. The van der Waals surface area contributed by atoms with Gasteiger partial charge in [0.05, 0.1) is 6.42 Å². The molecule has 3 heterocycles. The largest absolute Gasteiger partial charge is 0.481 e. The number of carbonyl (C=O) groups excluding carboxylic acids is 1. The van der Waals surface area contributed by atoms with E-state index in [1.54, 1.807) is 6.20 Å². The molecule has 28 heavy (non-hydrogen) atoms. The average molecular weight is 384 g/mol. The van der Waals surface area contributed by atoms with E-state index in [0.717, 1.165) is 25.2 Å². The van der Waals surface area contributed by atoms with Gasteiger partial charge in [-0.3, -0.25) is 14.6 Å². The Bertz CT molecular complexity index is 830. The molecule has 0 saturated carbocycles. The third-order valence-electron chi connectivity index (χ3n) is 4.40. The van der Waals surface area contributed by atoms with Crippen LogP contribution in [0.15, 0.2) is 30.5 Å². The number of rotatable bonds is 7. The van der Waals surface area contributed by atoms with Crippen LogP contribution < -0.4 is 15.5 Å². The van der Waals surface area contributed by atoms with Crippen LogP contribution in [0, 0.1) is 0 Å². The number of hydrogen-bond acceptors (Lipinski definition) is 7. The number of piperidine rings is 1. The summed E-state index contributed by atoms with van der Waals surface area (Å²) in [4.78, 5) is 37.8. The van der Waals surface area contributed by atoms with Gasteiger partial charge in [0, 0.05) is 44.9 Å². The van der Waals surface area contributed by atoms with Crippen molar-refractivity contribution in [1.82, 2.24) is 20.3 Å². The van der Waals surface area contributed by atoms with Crippen LogP contribution in [0.3, 0.4) is 0 Å². The summed E-state index contributed by atoms with van der Waals surface area (Å²) in [5, 5.41) is 14.9. The number of anilines is 2. The Morgan fingerprint density at radius 1 is 1.32 bits per heavy atom. The molecule has 0 spiro atoms. The lowest BCUT2D eigenvalue weighted by Gasteiger charge is -2.34. The zero-order valence-corrected chi connectivity index (χ0v) is 15.8. The number of hydrogen-bond donors (Lipinski definition) is 3. The second-order valence-corrected chi connectivity index (χ2v) is 6.71. The highest BCUT2D eigenvalue weighted by atomic mass is 16.4. The van der Waals surface area contributed by atoms with Gasteiger partial charge in [0.2, 0.25) is 5.91 Å². The number of amides is 1. The van der Waals surface area contributed by atoms with E-state index in [0.29, 0.717) is 23.9 Å². The summed E-state index contributed by atoms with van der Waals surface area (Å²) >= 11 is 0. The Kier molecular flexibility index (Phi) is 6.36. The van der Waals surface area contributed by atoms with Gasteiger partial charge in [0.25, 0.3) is 0 Å². The number of carboxylic acid groups (broad SMARTS) is 1. The third kappa shape index (κ3) is 5.38. The molecule has 0 radical (unpaired) electrons. The smallest absolute Gasteiger partial charge is 0.305 e. The zero-order valence-electron chi connectivity index (χ0n) is 15.8. The van der Waals surface area contributed by atoms with E-state index < -0.39 is 5.97 Å². The summed E-state index contributed by atoms with van der Waals surface area (Å²) in [5.41, 5.74) is 0.640. The van der Waals surface area contributed by atoms with Crippen molar-refractivity contribution in [3.05, 3.63) is 30.5 Å². The lowest BCUT2D eigenvalue weighted by molar-refractivity contribution is -0.136. The van der Waals surface area contributed by atoms with Gasteiger partial charge in [-0.2, -0.15) is 0 Å². The van der Waals surface area contributed by atoms with Crippen LogP contribution in [0.5, 0.6) is 0 Å². The van der Waals surface area contributed by atoms with Crippen LogP contribution >= 0.6 is 0 Å². The van der Waals surface area contributed by atoms with E-state index in [-0.39, 0.29) is 24.9 Å². The van der Waals surface area contributed by atoms with Crippen LogP contribution in [0.2, 0.25) is 0 Å². The van der Waals surface area contributed by atoms with E-state index in [2.05, 4.69) is 30.5 Å². The van der Waals surface area contributed by atoms with Gasteiger partial charge in [-0.15, -0.1) is 0 Å². The normalized spacial score (nSPS) is 16.5. The van der Waals surface area contributed by atoms with Crippen molar-refractivity contribution in [3.63, 3.8) is 0 Å². The molecular formula is C19H24N6O3. The van der Waals surface area contributed by atoms with E-state index >= 15 is 0 Å². The van der Waals surface area contributed by atoms with Crippen LogP contribution in [0.4, 0.5) is 11.6 Å². The van der Waals surface area contributed by atoms with Gasteiger partial charge in [-0.05, 0) is 25.0 Å². The molecule has 2 aromatic heterocycles. The molecule has 0 aliphatic carbocycles. The van der Waals surface area contributed by atoms with Crippen molar-refractivity contribution in [2.24, 2.45) is 0 Å². The van der Waals surface area contributed by atoms with Crippen molar-refractivity contribution < 1.29 is 14.7 Å². The molecule has 0 bridgehead atoms. The predicted octanol–water partition coefficient (Wildman–Crippen LogP) is 1.53. The molecule has 2 aromatic rings. The van der Waals surface area contributed by atoms with Crippen LogP contribution in [0.25, 0.3) is 11.5 Å². The highest BCUT2D eigenvalue weighted by Gasteiger charge is 2.22. The molecule has 0 aromatic carbocycles. The number of aromatic nitrogens is 3. The Labute approximate surface area is 163 Å². The summed E-state index contributed by atoms with van der Waals surface area (Å²) < 4.78 is 0. The first kappa shape index (κ1) is 19.5. The Morgan fingerprint density at radius 3 is 2.89 bits per heavy atom. The maximum Gasteiger partial charge on any atom is 0.305 e. The number of nitrogens with zero attached hydrogens (tertiary/aromatic N) is 4. The fraction of sp³-hybridized carbons (Fsp3) is 0.421. The first-order valence-corrected chi connectivity index (χ1v) is 9.29. The summed E-state index contributed by atoms with van der Waals surface area (Å²) in [6.07, 6.45) is 3.54. The van der Waals surface area contributed by atoms with E-state index in [1.807, 2.05) is 24.3 Å². The summed E-state index contributed by atoms with van der Waals surface area (Å²) in [7, 11) is 0. The third-order valence-corrected chi connectivity index (χ3v) is 4.40. The molecule has 1 atom stereocenters. The molecule has 1 unspecified atom stereocenters. The Balaban J connectivity index is 1.86. The van der Waals surface area contributed by atoms with Crippen molar-refractivity contribution in [2.75, 3.05) is 29.9 Å². The fourth-order valence-corrected chi connectivity index (χ4v) is 3.18. The summed E-state index contributed by atoms with van der Waals surface area (Å²) in [6, 6.07) is 7.40. The standard InChI is InChI=1S/C19H24N6O3/c1-13(26)22-14-5-4-10-25(12-14)17-11-16(21-9-7-18(27)28)23-19(24-17)15-6-2-3-8-20-15/h2-3,6,8,11,14H,4-5,7,9-10,12H2,1H3,(H,22,26)(H,27,28)(H,21,23,24). The van der Waals surface area contributed by atoms with Gasteiger partial charge in [0.1, 0.15) is 17.3 Å². The van der Waals surface area contributed by atoms with Crippen molar-refractivity contribution in [3.8, 4) is 11.5 Å². The van der Waals surface area contributed by atoms with E-state index in [1.165, 1.54) is 6.92 Å². The monoisotopic (exact) mass is 384 g/mol. The topological polar surface area (TPSA) is 120 Å². The van der Waals surface area contributed by atoms with Gasteiger partial charge in [0.15, 0.2) is 5.82 Å². The number of carboxylic acids is 1. The quantitative estimate of drug-likeness (QED) is 0.657. The zero-order chi connectivity index (χ0) is 19.9. The molecule has 1 amide bonds. The maximum absolute atomic E-state index is 11.4. The molecule has 3 N–H and O–H groups in total. The minimum Gasteiger partial charge on any atom is -0.481 e. The molecule has 148 valence electrons. The van der Waals surface area contributed by atoms with Crippen LogP contribution in [-0.2, 0) is 9.59 Å². The van der Waals surface area contributed by atoms with Crippen LogP contribution in [-0.4, -0.2) is 57.6 Å². The van der Waals surface area contributed by atoms with Crippen molar-refractivity contribution >= 4 is 23.5 Å². The van der Waals surface area contributed by atoms with Crippen LogP contribution in [0.1, 0.15) is 26.2 Å².